The third-order valence-corrected chi connectivity index (χ3v) is 4.87. The van der Waals surface area contributed by atoms with E-state index in [-0.39, 0.29) is 17.9 Å². The summed E-state index contributed by atoms with van der Waals surface area (Å²) in [6.07, 6.45) is 0.396. The van der Waals surface area contributed by atoms with E-state index in [9.17, 15) is 18.0 Å². The van der Waals surface area contributed by atoms with Gasteiger partial charge in [-0.05, 0) is 23.3 Å². The predicted molar refractivity (Wildman–Crippen MR) is 98.8 cm³/mol. The lowest BCUT2D eigenvalue weighted by atomic mass is 10.1. The van der Waals surface area contributed by atoms with Crippen LogP contribution in [0.5, 0.6) is 0 Å². The summed E-state index contributed by atoms with van der Waals surface area (Å²) in [6, 6.07) is 14.3. The fourth-order valence-corrected chi connectivity index (χ4v) is 3.07. The van der Waals surface area contributed by atoms with Gasteiger partial charge in [0, 0.05) is 12.7 Å². The van der Waals surface area contributed by atoms with E-state index in [1.165, 1.54) is 19.2 Å². The molecule has 1 N–H and O–H groups in total. The van der Waals surface area contributed by atoms with Crippen LogP contribution in [-0.4, -0.2) is 39.9 Å². The molecule has 0 radical (unpaired) electrons. The van der Waals surface area contributed by atoms with Gasteiger partial charge in [-0.1, -0.05) is 42.5 Å². The van der Waals surface area contributed by atoms with Crippen LogP contribution in [0.4, 0.5) is 4.79 Å². The van der Waals surface area contributed by atoms with Gasteiger partial charge < -0.3 is 14.8 Å². The minimum atomic E-state index is -3.38. The fourth-order valence-electron chi connectivity index (χ4n) is 2.38. The molecule has 144 valence electrons. The highest BCUT2D eigenvalue weighted by molar-refractivity contribution is 7.90. The number of amides is 1. The zero-order valence-corrected chi connectivity index (χ0v) is 15.9. The third-order valence-electron chi connectivity index (χ3n) is 3.76. The van der Waals surface area contributed by atoms with Gasteiger partial charge in [-0.2, -0.15) is 0 Å². The van der Waals surface area contributed by atoms with Gasteiger partial charge in [-0.15, -0.1) is 0 Å². The number of rotatable bonds is 7. The summed E-state index contributed by atoms with van der Waals surface area (Å²) >= 11 is 0. The van der Waals surface area contributed by atoms with E-state index in [1.54, 1.807) is 12.1 Å². The lowest BCUT2D eigenvalue weighted by Crippen LogP contribution is -2.43. The summed E-state index contributed by atoms with van der Waals surface area (Å²) < 4.78 is 33.2. The molecule has 0 saturated carbocycles. The van der Waals surface area contributed by atoms with E-state index in [2.05, 4.69) is 5.32 Å². The quantitative estimate of drug-likeness (QED) is 0.726. The Morgan fingerprint density at radius 2 is 1.70 bits per heavy atom. The van der Waals surface area contributed by atoms with Crippen molar-refractivity contribution in [2.75, 3.05) is 13.4 Å². The first-order valence-electron chi connectivity index (χ1n) is 8.13. The van der Waals surface area contributed by atoms with Gasteiger partial charge in [0.25, 0.3) is 0 Å². The van der Waals surface area contributed by atoms with Gasteiger partial charge in [0.15, 0.2) is 9.84 Å². The van der Waals surface area contributed by atoms with Gasteiger partial charge in [-0.3, -0.25) is 0 Å². The lowest BCUT2D eigenvalue weighted by Gasteiger charge is -2.17. The van der Waals surface area contributed by atoms with Gasteiger partial charge in [0.2, 0.25) is 0 Å². The van der Waals surface area contributed by atoms with Crippen molar-refractivity contribution in [2.24, 2.45) is 0 Å². The van der Waals surface area contributed by atoms with Crippen molar-refractivity contribution in [1.82, 2.24) is 5.32 Å². The van der Waals surface area contributed by atoms with Crippen LogP contribution in [-0.2, 0) is 37.1 Å². The van der Waals surface area contributed by atoms with Crippen LogP contribution in [0.1, 0.15) is 11.1 Å². The van der Waals surface area contributed by atoms with Gasteiger partial charge >= 0.3 is 12.1 Å². The van der Waals surface area contributed by atoms with Crippen molar-refractivity contribution >= 4 is 21.9 Å². The number of alkyl carbamates (subject to hydrolysis) is 1. The van der Waals surface area contributed by atoms with E-state index in [0.29, 0.717) is 5.56 Å². The number of carbonyl (C=O) groups excluding carboxylic acids is 2. The fraction of sp³-hybridized carbons (Fsp3) is 0.263. The van der Waals surface area contributed by atoms with Crippen LogP contribution < -0.4 is 5.32 Å². The van der Waals surface area contributed by atoms with E-state index in [1.807, 2.05) is 30.3 Å². The highest BCUT2D eigenvalue weighted by Crippen LogP contribution is 2.13. The summed E-state index contributed by atoms with van der Waals surface area (Å²) in [6.45, 7) is 0.0597. The predicted octanol–water partition coefficient (Wildman–Crippen LogP) is 2.10. The van der Waals surface area contributed by atoms with Gasteiger partial charge in [0.1, 0.15) is 12.6 Å². The normalized spacial score (nSPS) is 12.1. The molecule has 27 heavy (non-hydrogen) atoms. The molecule has 8 heteroatoms. The van der Waals surface area contributed by atoms with Crippen molar-refractivity contribution in [3.63, 3.8) is 0 Å². The minimum absolute atomic E-state index is 0.0597. The molecule has 0 heterocycles. The van der Waals surface area contributed by atoms with Crippen molar-refractivity contribution in [3.8, 4) is 0 Å². The number of hydrogen-bond donors (Lipinski definition) is 1. The standard InChI is InChI=1S/C19H21NO6S/c1-25-18(21)17(12-15-9-6-10-16(11-15)27(2,23)24)20-19(22)26-13-14-7-4-3-5-8-14/h3-11,17H,12-13H2,1-2H3,(H,20,22)/t17-/m0/s1. The zero-order valence-electron chi connectivity index (χ0n) is 15.0. The first-order chi connectivity index (χ1) is 12.8. The maximum Gasteiger partial charge on any atom is 0.408 e. The SMILES string of the molecule is COC(=O)[C@H](Cc1cccc(S(C)(=O)=O)c1)NC(=O)OCc1ccccc1. The number of hydrogen-bond acceptors (Lipinski definition) is 6. The van der Waals surface area contributed by atoms with Crippen LogP contribution in [0.2, 0.25) is 0 Å². The number of nitrogens with one attached hydrogen (secondary N) is 1. The number of methoxy groups -OCH3 is 1. The van der Waals surface area contributed by atoms with Crippen LogP contribution >= 0.6 is 0 Å². The number of carbonyl (C=O) groups is 2. The Kier molecular flexibility index (Phi) is 6.95. The Balaban J connectivity index is 2.05. The molecule has 0 spiro atoms. The molecule has 1 atom stereocenters. The van der Waals surface area contributed by atoms with Crippen LogP contribution in [0.3, 0.4) is 0 Å². The molecule has 0 aliphatic heterocycles. The molecular formula is C19H21NO6S. The van der Waals surface area contributed by atoms with E-state index in [0.717, 1.165) is 11.8 Å². The van der Waals surface area contributed by atoms with Crippen LogP contribution in [0.25, 0.3) is 0 Å². The van der Waals surface area contributed by atoms with Crippen molar-refractivity contribution in [3.05, 3.63) is 65.7 Å². The van der Waals surface area contributed by atoms with E-state index >= 15 is 0 Å². The first-order valence-corrected chi connectivity index (χ1v) is 10.0. The largest absolute Gasteiger partial charge is 0.467 e. The summed E-state index contributed by atoms with van der Waals surface area (Å²) in [5, 5.41) is 2.46. The molecule has 0 aliphatic carbocycles. The van der Waals surface area contributed by atoms with Crippen molar-refractivity contribution in [2.45, 2.75) is 24.0 Å². The average molecular weight is 391 g/mol. The molecule has 0 saturated heterocycles. The average Bonchev–Trinajstić information content (AvgIpc) is 2.65. The molecule has 0 fully saturated rings. The summed E-state index contributed by atoms with van der Waals surface area (Å²) in [5.74, 6) is -0.656. The molecule has 0 aromatic heterocycles. The Bertz CT molecular complexity index is 895. The first kappa shape index (κ1) is 20.4. The number of sulfone groups is 1. The van der Waals surface area contributed by atoms with E-state index in [4.69, 9.17) is 9.47 Å². The highest BCUT2D eigenvalue weighted by atomic mass is 32.2. The molecule has 2 rings (SSSR count). The molecule has 0 unspecified atom stereocenters. The third kappa shape index (κ3) is 6.41. The molecular weight excluding hydrogens is 370 g/mol. The second-order valence-corrected chi connectivity index (χ2v) is 7.92. The van der Waals surface area contributed by atoms with Crippen molar-refractivity contribution in [1.29, 1.82) is 0 Å². The molecule has 7 nitrogen and oxygen atoms in total. The summed E-state index contributed by atoms with van der Waals surface area (Å²) in [7, 11) is -2.17. The number of benzene rings is 2. The van der Waals surface area contributed by atoms with Crippen molar-refractivity contribution < 1.29 is 27.5 Å². The Morgan fingerprint density at radius 1 is 1.04 bits per heavy atom. The van der Waals surface area contributed by atoms with E-state index < -0.39 is 27.9 Å². The molecule has 2 aromatic rings. The molecule has 0 aliphatic rings. The maximum atomic E-state index is 12.0. The maximum absolute atomic E-state index is 12.0. The Morgan fingerprint density at radius 3 is 2.33 bits per heavy atom. The second kappa shape index (κ2) is 9.18. The summed E-state index contributed by atoms with van der Waals surface area (Å²) in [5.41, 5.74) is 1.37. The topological polar surface area (TPSA) is 98.8 Å². The summed E-state index contributed by atoms with van der Waals surface area (Å²) in [4.78, 5) is 24.2. The lowest BCUT2D eigenvalue weighted by molar-refractivity contribution is -0.143. The highest BCUT2D eigenvalue weighted by Gasteiger charge is 2.23. The Hall–Kier alpha value is -2.87. The smallest absolute Gasteiger partial charge is 0.408 e. The number of esters is 1. The second-order valence-electron chi connectivity index (χ2n) is 5.91. The van der Waals surface area contributed by atoms with Crippen LogP contribution in [0.15, 0.2) is 59.5 Å². The Labute approximate surface area is 158 Å². The molecule has 1 amide bonds. The van der Waals surface area contributed by atoms with Gasteiger partial charge in [-0.25, -0.2) is 18.0 Å². The molecule has 0 bridgehead atoms. The van der Waals surface area contributed by atoms with Crippen LogP contribution in [0, 0.1) is 0 Å². The monoisotopic (exact) mass is 391 g/mol. The minimum Gasteiger partial charge on any atom is -0.467 e. The van der Waals surface area contributed by atoms with Gasteiger partial charge in [0.05, 0.1) is 12.0 Å². The molecule has 2 aromatic carbocycles. The zero-order chi connectivity index (χ0) is 19.9. The number of ether oxygens (including phenoxy) is 2.